The molecule has 0 bridgehead atoms. The number of fused-ring (bicyclic) bond motifs is 3. The summed E-state index contributed by atoms with van der Waals surface area (Å²) in [5, 5.41) is 4.13. The highest BCUT2D eigenvalue weighted by atomic mass is 35.5. The summed E-state index contributed by atoms with van der Waals surface area (Å²) in [5.41, 5.74) is 1.73. The number of carbonyl (C=O) groups is 2. The Morgan fingerprint density at radius 3 is 2.38 bits per heavy atom. The summed E-state index contributed by atoms with van der Waals surface area (Å²) >= 11 is 5.97. The Balaban J connectivity index is 1.68. The first kappa shape index (κ1) is 27.8. The second-order valence-electron chi connectivity index (χ2n) is 9.15. The van der Waals surface area contributed by atoms with E-state index in [4.69, 9.17) is 21.5 Å². The minimum absolute atomic E-state index is 0.0267. The van der Waals surface area contributed by atoms with Crippen molar-refractivity contribution in [1.29, 1.82) is 0 Å². The molecule has 10 nitrogen and oxygen atoms in total. The summed E-state index contributed by atoms with van der Waals surface area (Å²) in [6.07, 6.45) is -0.433. The molecule has 13 heteroatoms. The number of ether oxygens (including phenoxy) is 1. The predicted molar refractivity (Wildman–Crippen MR) is 148 cm³/mol. The van der Waals surface area contributed by atoms with Gasteiger partial charge in [0.1, 0.15) is 4.90 Å². The Morgan fingerprint density at radius 1 is 1.02 bits per heavy atom. The summed E-state index contributed by atoms with van der Waals surface area (Å²) in [4.78, 5) is 30.5. The first-order valence-corrected chi connectivity index (χ1v) is 15.6. The monoisotopic (exact) mass is 601 g/mol. The largest absolute Gasteiger partial charge is 0.450 e. The van der Waals surface area contributed by atoms with Gasteiger partial charge in [-0.05, 0) is 55.5 Å². The van der Waals surface area contributed by atoms with Gasteiger partial charge in [-0.25, -0.2) is 26.8 Å². The van der Waals surface area contributed by atoms with Gasteiger partial charge < -0.3 is 9.72 Å². The third-order valence-electron chi connectivity index (χ3n) is 6.68. The highest BCUT2D eigenvalue weighted by molar-refractivity contribution is 7.91. The lowest BCUT2D eigenvalue weighted by Gasteiger charge is -2.34. The van der Waals surface area contributed by atoms with Crippen LogP contribution in [0, 0.1) is 0 Å². The number of nitrogens with two attached hydrogens (primary N) is 1. The van der Waals surface area contributed by atoms with Gasteiger partial charge in [0.25, 0.3) is 0 Å². The van der Waals surface area contributed by atoms with E-state index < -0.39 is 37.1 Å². The maximum Gasteiger partial charge on any atom is 0.411 e. The van der Waals surface area contributed by atoms with Gasteiger partial charge in [-0.15, -0.1) is 0 Å². The number of rotatable bonds is 6. The lowest BCUT2D eigenvalue weighted by molar-refractivity contribution is 0.0993. The van der Waals surface area contributed by atoms with E-state index in [1.807, 2.05) is 0 Å². The highest BCUT2D eigenvalue weighted by Crippen LogP contribution is 2.42. The number of carbonyl (C=O) groups excluding carboxylic acids is 2. The van der Waals surface area contributed by atoms with E-state index in [0.717, 1.165) is 6.07 Å². The third-order valence-corrected chi connectivity index (χ3v) is 10.1. The molecule has 0 spiro atoms. The Kier molecular flexibility index (Phi) is 7.21. The third kappa shape index (κ3) is 4.87. The fourth-order valence-corrected chi connectivity index (χ4v) is 7.85. The first-order valence-electron chi connectivity index (χ1n) is 12.2. The van der Waals surface area contributed by atoms with E-state index in [2.05, 4.69) is 4.98 Å². The van der Waals surface area contributed by atoms with Crippen molar-refractivity contribution in [2.24, 2.45) is 5.14 Å². The molecular weight excluding hydrogens is 578 g/mol. The quantitative estimate of drug-likeness (QED) is 0.314. The highest BCUT2D eigenvalue weighted by Gasteiger charge is 2.43. The fraction of sp³-hybridized carbons (Fsp3) is 0.185. The van der Waals surface area contributed by atoms with E-state index in [1.54, 1.807) is 37.3 Å². The zero-order chi connectivity index (χ0) is 28.8. The molecule has 1 atom stereocenters. The number of primary sulfonamides is 1. The molecule has 208 valence electrons. The average Bonchev–Trinajstić information content (AvgIpc) is 3.30. The van der Waals surface area contributed by atoms with Gasteiger partial charge in [-0.2, -0.15) is 0 Å². The van der Waals surface area contributed by atoms with Gasteiger partial charge >= 0.3 is 6.09 Å². The lowest BCUT2D eigenvalue weighted by atomic mass is 9.99. The summed E-state index contributed by atoms with van der Waals surface area (Å²) in [6, 6.07) is 16.3. The van der Waals surface area contributed by atoms with Crippen LogP contribution in [-0.2, 0) is 31.0 Å². The van der Waals surface area contributed by atoms with Gasteiger partial charge in [-0.3, -0.25) is 9.69 Å². The van der Waals surface area contributed by atoms with E-state index >= 15 is 0 Å². The van der Waals surface area contributed by atoms with Gasteiger partial charge in [0.2, 0.25) is 19.9 Å². The molecule has 0 saturated carbocycles. The van der Waals surface area contributed by atoms with Crippen LogP contribution in [0.15, 0.2) is 76.5 Å². The number of hydrogen-bond acceptors (Lipinski definition) is 7. The van der Waals surface area contributed by atoms with Crippen molar-refractivity contribution in [3.05, 3.63) is 94.1 Å². The molecule has 4 aromatic rings. The van der Waals surface area contributed by atoms with Crippen molar-refractivity contribution >= 4 is 54.2 Å². The second kappa shape index (κ2) is 10.4. The molecule has 0 radical (unpaired) electrons. The molecule has 1 unspecified atom stereocenters. The number of benzene rings is 3. The van der Waals surface area contributed by atoms with Crippen molar-refractivity contribution in [2.45, 2.75) is 28.5 Å². The number of aromatic amines is 1. The van der Waals surface area contributed by atoms with Crippen molar-refractivity contribution < 1.29 is 31.2 Å². The van der Waals surface area contributed by atoms with E-state index in [1.165, 1.54) is 35.2 Å². The molecular formula is C27H24ClN3O7S2. The van der Waals surface area contributed by atoms with Gasteiger partial charge in [-0.1, -0.05) is 29.8 Å². The number of halogens is 1. The summed E-state index contributed by atoms with van der Waals surface area (Å²) in [7, 11) is -8.32. The Hall–Kier alpha value is -3.71. The Labute approximate surface area is 235 Å². The average molecular weight is 602 g/mol. The van der Waals surface area contributed by atoms with Crippen LogP contribution in [0.1, 0.15) is 39.5 Å². The van der Waals surface area contributed by atoms with Gasteiger partial charge in [0.15, 0.2) is 11.2 Å². The first-order chi connectivity index (χ1) is 18.9. The molecule has 3 N–H and O–H groups in total. The van der Waals surface area contributed by atoms with Gasteiger partial charge in [0, 0.05) is 46.3 Å². The second-order valence-corrected chi connectivity index (χ2v) is 13.1. The predicted octanol–water partition coefficient (Wildman–Crippen LogP) is 4.19. The summed E-state index contributed by atoms with van der Waals surface area (Å²) in [6.45, 7) is 1.80. The molecule has 0 aliphatic carbocycles. The van der Waals surface area contributed by atoms with Crippen LogP contribution in [-0.4, -0.2) is 51.7 Å². The Morgan fingerprint density at radius 2 is 1.70 bits per heavy atom. The molecule has 1 aromatic heterocycles. The topological polar surface area (TPSA) is 157 Å². The minimum atomic E-state index is -4.18. The SMILES string of the molecule is CCOC(=O)N1CCc2[nH]c3ccc(C(=O)c4ccc(Cl)c(S(N)(=O)=O)c4)cc3c2C1S(=O)(=O)c1ccccc1. The van der Waals surface area contributed by atoms with Crippen LogP contribution in [0.25, 0.3) is 10.9 Å². The number of nitrogens with zero attached hydrogens (tertiary/aromatic N) is 1. The van der Waals surface area contributed by atoms with E-state index in [-0.39, 0.29) is 39.1 Å². The van der Waals surface area contributed by atoms with E-state index in [9.17, 15) is 26.4 Å². The van der Waals surface area contributed by atoms with E-state index in [0.29, 0.717) is 28.6 Å². The zero-order valence-electron chi connectivity index (χ0n) is 21.1. The maximum atomic E-state index is 14.0. The number of ketones is 1. The van der Waals surface area contributed by atoms with Crippen LogP contribution in [0.4, 0.5) is 4.79 Å². The van der Waals surface area contributed by atoms with Gasteiger partial charge in [0.05, 0.1) is 16.5 Å². The number of amides is 1. The smallest absolute Gasteiger partial charge is 0.411 e. The molecule has 1 aliphatic rings. The van der Waals surface area contributed by atoms with Crippen molar-refractivity contribution in [2.75, 3.05) is 13.2 Å². The minimum Gasteiger partial charge on any atom is -0.450 e. The van der Waals surface area contributed by atoms with Crippen LogP contribution < -0.4 is 5.14 Å². The van der Waals surface area contributed by atoms with Crippen LogP contribution in [0.3, 0.4) is 0 Å². The lowest BCUT2D eigenvalue weighted by Crippen LogP contribution is -2.43. The molecule has 40 heavy (non-hydrogen) atoms. The normalized spacial score (nSPS) is 15.6. The maximum absolute atomic E-state index is 14.0. The molecule has 0 fully saturated rings. The van der Waals surface area contributed by atoms with Crippen LogP contribution in [0.2, 0.25) is 5.02 Å². The molecule has 0 saturated heterocycles. The number of sulfonamides is 1. The van der Waals surface area contributed by atoms with Crippen molar-refractivity contribution in [3.63, 3.8) is 0 Å². The molecule has 1 amide bonds. The summed E-state index contributed by atoms with van der Waals surface area (Å²) < 4.78 is 57.1. The van der Waals surface area contributed by atoms with Crippen LogP contribution >= 0.6 is 11.6 Å². The molecule has 1 aliphatic heterocycles. The molecule has 3 aromatic carbocycles. The fourth-order valence-electron chi connectivity index (χ4n) is 4.88. The Bertz CT molecular complexity index is 1870. The number of aromatic nitrogens is 1. The van der Waals surface area contributed by atoms with Crippen molar-refractivity contribution in [1.82, 2.24) is 9.88 Å². The number of H-pyrrole nitrogens is 1. The number of nitrogens with one attached hydrogen (secondary N) is 1. The standard InChI is InChI=1S/C27H24ClN3O7S2/c1-2-38-27(33)31-13-12-22-24(26(31)39(34,35)18-6-4-3-5-7-18)19-14-16(9-11-21(19)30-22)25(32)17-8-10-20(28)23(15-17)40(29,36)37/h3-11,14-15,26,30H,2,12-13H2,1H3,(H2,29,36,37). The van der Waals surface area contributed by atoms with Crippen LogP contribution in [0.5, 0.6) is 0 Å². The van der Waals surface area contributed by atoms with Crippen molar-refractivity contribution in [3.8, 4) is 0 Å². The number of hydrogen-bond donors (Lipinski definition) is 2. The summed E-state index contributed by atoms with van der Waals surface area (Å²) in [5.74, 6) is -0.529. The molecule has 2 heterocycles. The number of sulfone groups is 1. The molecule has 5 rings (SSSR count). The zero-order valence-corrected chi connectivity index (χ0v) is 23.5.